The van der Waals surface area contributed by atoms with Gasteiger partial charge in [-0.3, -0.25) is 4.79 Å². The Morgan fingerprint density at radius 3 is 2.68 bits per heavy atom. The van der Waals surface area contributed by atoms with Gasteiger partial charge in [0.2, 0.25) is 0 Å². The average molecular weight is 419 g/mol. The van der Waals surface area contributed by atoms with Gasteiger partial charge < -0.3 is 19.9 Å². The van der Waals surface area contributed by atoms with Crippen LogP contribution in [0.25, 0.3) is 0 Å². The van der Waals surface area contributed by atoms with Crippen LogP contribution in [0.4, 0.5) is 0 Å². The van der Waals surface area contributed by atoms with E-state index in [1.807, 2.05) is 43.3 Å². The standard InChI is InChI=1S/C25H25NO5/c1-16-22(25(29)31-14-13-30-19-9-3-2-4-10-19)23(17-7-5-8-18(27)15-17)24-20(26-16)11-6-12-21(24)28/h2-5,7-10,15,23,26-27H,6,11-14H2,1H3. The molecule has 6 heteroatoms. The Balaban J connectivity index is 1.56. The van der Waals surface area contributed by atoms with Crippen LogP contribution in [0.1, 0.15) is 37.7 Å². The fourth-order valence-corrected chi connectivity index (χ4v) is 4.18. The van der Waals surface area contributed by atoms with Crippen molar-refractivity contribution in [2.75, 3.05) is 13.2 Å². The maximum atomic E-state index is 13.1. The third-order valence-corrected chi connectivity index (χ3v) is 5.53. The smallest absolute Gasteiger partial charge is 0.336 e. The van der Waals surface area contributed by atoms with Crippen LogP contribution in [-0.2, 0) is 14.3 Å². The summed E-state index contributed by atoms with van der Waals surface area (Å²) in [6.45, 7) is 2.12. The number of phenolic OH excluding ortho intramolecular Hbond substituents is 1. The van der Waals surface area contributed by atoms with Crippen molar-refractivity contribution >= 4 is 11.8 Å². The topological polar surface area (TPSA) is 84.9 Å². The Hall–Kier alpha value is -3.54. The number of phenols is 1. The number of carbonyl (C=O) groups is 2. The van der Waals surface area contributed by atoms with Gasteiger partial charge >= 0.3 is 5.97 Å². The number of hydrogen-bond acceptors (Lipinski definition) is 6. The van der Waals surface area contributed by atoms with Gasteiger partial charge in [0, 0.05) is 29.3 Å². The number of carbonyl (C=O) groups excluding carboxylic acids is 2. The van der Waals surface area contributed by atoms with Crippen LogP contribution >= 0.6 is 0 Å². The molecule has 1 heterocycles. The second-order valence-electron chi connectivity index (χ2n) is 7.66. The molecule has 2 N–H and O–H groups in total. The number of ether oxygens (including phenoxy) is 2. The molecule has 1 unspecified atom stereocenters. The minimum atomic E-state index is -0.571. The van der Waals surface area contributed by atoms with E-state index in [0.717, 1.165) is 18.5 Å². The molecule has 1 atom stereocenters. The maximum absolute atomic E-state index is 13.1. The molecule has 2 aromatic carbocycles. The number of para-hydroxylation sites is 1. The molecule has 0 radical (unpaired) electrons. The number of nitrogens with one attached hydrogen (secondary N) is 1. The van der Waals surface area contributed by atoms with Gasteiger partial charge in [-0.1, -0.05) is 30.3 Å². The summed E-state index contributed by atoms with van der Waals surface area (Å²) in [5.41, 5.74) is 3.19. The first kappa shape index (κ1) is 20.7. The number of benzene rings is 2. The van der Waals surface area contributed by atoms with Crippen LogP contribution in [0.15, 0.2) is 77.1 Å². The van der Waals surface area contributed by atoms with E-state index in [1.54, 1.807) is 18.2 Å². The summed E-state index contributed by atoms with van der Waals surface area (Å²) in [6.07, 6.45) is 1.98. The Kier molecular flexibility index (Phi) is 6.07. The van der Waals surface area contributed by atoms with Crippen molar-refractivity contribution in [2.45, 2.75) is 32.1 Å². The molecular weight excluding hydrogens is 394 g/mol. The van der Waals surface area contributed by atoms with Gasteiger partial charge in [-0.15, -0.1) is 0 Å². The van der Waals surface area contributed by atoms with Gasteiger partial charge in [-0.25, -0.2) is 4.79 Å². The Morgan fingerprint density at radius 2 is 1.90 bits per heavy atom. The lowest BCUT2D eigenvalue weighted by Crippen LogP contribution is -2.34. The highest BCUT2D eigenvalue weighted by atomic mass is 16.6. The Morgan fingerprint density at radius 1 is 1.10 bits per heavy atom. The molecule has 0 saturated heterocycles. The molecule has 1 aliphatic carbocycles. The molecule has 31 heavy (non-hydrogen) atoms. The van der Waals surface area contributed by atoms with Crippen LogP contribution in [0.2, 0.25) is 0 Å². The van der Waals surface area contributed by atoms with E-state index in [9.17, 15) is 14.7 Å². The van der Waals surface area contributed by atoms with E-state index < -0.39 is 11.9 Å². The molecule has 2 aliphatic rings. The normalized spacial score (nSPS) is 18.4. The third-order valence-electron chi connectivity index (χ3n) is 5.53. The fourth-order valence-electron chi connectivity index (χ4n) is 4.18. The summed E-state index contributed by atoms with van der Waals surface area (Å²) in [5.74, 6) is -0.262. The predicted molar refractivity (Wildman–Crippen MR) is 115 cm³/mol. The molecule has 4 rings (SSSR count). The number of Topliss-reactive ketones (excluding diaryl/α,β-unsaturated/α-hetero) is 1. The van der Waals surface area contributed by atoms with Crippen LogP contribution in [-0.4, -0.2) is 30.1 Å². The highest BCUT2D eigenvalue weighted by Crippen LogP contribution is 2.43. The summed E-state index contributed by atoms with van der Waals surface area (Å²) >= 11 is 0. The molecule has 2 aromatic rings. The molecule has 6 nitrogen and oxygen atoms in total. The van der Waals surface area contributed by atoms with E-state index in [4.69, 9.17) is 9.47 Å². The largest absolute Gasteiger partial charge is 0.508 e. The van der Waals surface area contributed by atoms with Crippen molar-refractivity contribution in [3.8, 4) is 11.5 Å². The summed E-state index contributed by atoms with van der Waals surface area (Å²) in [6, 6.07) is 16.0. The molecule has 0 saturated carbocycles. The minimum absolute atomic E-state index is 0.0207. The number of dihydropyridines is 1. The van der Waals surface area contributed by atoms with E-state index in [0.29, 0.717) is 34.6 Å². The van der Waals surface area contributed by atoms with Gasteiger partial charge in [0.1, 0.15) is 24.7 Å². The van der Waals surface area contributed by atoms with E-state index in [2.05, 4.69) is 5.32 Å². The zero-order valence-electron chi connectivity index (χ0n) is 17.4. The number of rotatable bonds is 6. The number of allylic oxidation sites excluding steroid dienone is 3. The highest BCUT2D eigenvalue weighted by molar-refractivity contribution is 6.03. The minimum Gasteiger partial charge on any atom is -0.508 e. The molecule has 1 aliphatic heterocycles. The summed E-state index contributed by atoms with van der Waals surface area (Å²) in [5, 5.41) is 13.3. The summed E-state index contributed by atoms with van der Waals surface area (Å²) in [7, 11) is 0. The zero-order chi connectivity index (χ0) is 21.8. The monoisotopic (exact) mass is 419 g/mol. The molecular formula is C25H25NO5. The predicted octanol–water partition coefficient (Wildman–Crippen LogP) is 3.98. The first-order chi connectivity index (χ1) is 15.0. The van der Waals surface area contributed by atoms with Gasteiger partial charge in [0.15, 0.2) is 5.78 Å². The summed E-state index contributed by atoms with van der Waals surface area (Å²) < 4.78 is 11.1. The van der Waals surface area contributed by atoms with Crippen LogP contribution in [0.5, 0.6) is 11.5 Å². The van der Waals surface area contributed by atoms with Crippen molar-refractivity contribution < 1.29 is 24.2 Å². The third kappa shape index (κ3) is 4.48. The SMILES string of the molecule is CC1=C(C(=O)OCCOc2ccccc2)C(c2cccc(O)c2)C2=C(CCCC2=O)N1. The van der Waals surface area contributed by atoms with Crippen molar-refractivity contribution in [3.05, 3.63) is 82.7 Å². The van der Waals surface area contributed by atoms with E-state index in [1.165, 1.54) is 0 Å². The van der Waals surface area contributed by atoms with Crippen LogP contribution in [0, 0.1) is 0 Å². The van der Waals surface area contributed by atoms with E-state index >= 15 is 0 Å². The van der Waals surface area contributed by atoms with Gasteiger partial charge in [-0.2, -0.15) is 0 Å². The molecule has 0 bridgehead atoms. The van der Waals surface area contributed by atoms with Crippen LogP contribution < -0.4 is 10.1 Å². The molecule has 160 valence electrons. The molecule has 0 spiro atoms. The number of hydrogen-bond donors (Lipinski definition) is 2. The Labute approximate surface area is 181 Å². The van der Waals surface area contributed by atoms with Gasteiger partial charge in [-0.05, 0) is 49.6 Å². The molecule has 0 aromatic heterocycles. The van der Waals surface area contributed by atoms with Gasteiger partial charge in [0.25, 0.3) is 0 Å². The first-order valence-corrected chi connectivity index (χ1v) is 10.4. The first-order valence-electron chi connectivity index (χ1n) is 10.4. The number of aromatic hydroxyl groups is 1. The van der Waals surface area contributed by atoms with Gasteiger partial charge in [0.05, 0.1) is 5.57 Å². The van der Waals surface area contributed by atoms with Crippen LogP contribution in [0.3, 0.4) is 0 Å². The summed E-state index contributed by atoms with van der Waals surface area (Å²) in [4.78, 5) is 25.9. The van der Waals surface area contributed by atoms with Crippen molar-refractivity contribution in [1.82, 2.24) is 5.32 Å². The second kappa shape index (κ2) is 9.08. The second-order valence-corrected chi connectivity index (χ2v) is 7.66. The molecule has 0 fully saturated rings. The van der Waals surface area contributed by atoms with Crippen molar-refractivity contribution in [1.29, 1.82) is 0 Å². The van der Waals surface area contributed by atoms with Crippen molar-refractivity contribution in [2.24, 2.45) is 0 Å². The maximum Gasteiger partial charge on any atom is 0.336 e. The lowest BCUT2D eigenvalue weighted by Gasteiger charge is -2.34. The lowest BCUT2D eigenvalue weighted by molar-refractivity contribution is -0.140. The Bertz CT molecular complexity index is 1050. The molecule has 0 amide bonds. The average Bonchev–Trinajstić information content (AvgIpc) is 2.76. The lowest BCUT2D eigenvalue weighted by atomic mass is 9.75. The highest BCUT2D eigenvalue weighted by Gasteiger charge is 2.39. The van der Waals surface area contributed by atoms with E-state index in [-0.39, 0.29) is 24.7 Å². The fraction of sp³-hybridized carbons (Fsp3) is 0.280. The number of esters is 1. The zero-order valence-corrected chi connectivity index (χ0v) is 17.4. The number of ketones is 1. The quantitative estimate of drug-likeness (QED) is 0.544. The van der Waals surface area contributed by atoms with Crippen molar-refractivity contribution in [3.63, 3.8) is 0 Å².